The van der Waals surface area contributed by atoms with Gasteiger partial charge in [0, 0.05) is 17.2 Å². The van der Waals surface area contributed by atoms with Crippen LogP contribution in [0.1, 0.15) is 30.2 Å². The van der Waals surface area contributed by atoms with Crippen molar-refractivity contribution in [1.82, 2.24) is 9.55 Å². The lowest BCUT2D eigenvalue weighted by atomic mass is 9.97. The normalized spacial score (nSPS) is 15.1. The lowest BCUT2D eigenvalue weighted by Gasteiger charge is -2.12. The van der Waals surface area contributed by atoms with Crippen molar-refractivity contribution < 1.29 is 0 Å². The van der Waals surface area contributed by atoms with Gasteiger partial charge in [0.2, 0.25) is 0 Å². The van der Waals surface area contributed by atoms with Crippen molar-refractivity contribution in [2.24, 2.45) is 5.92 Å². The third-order valence-electron chi connectivity index (χ3n) is 4.03. The number of allylic oxidation sites excluding steroid dienone is 1. The molecule has 0 saturated heterocycles. The zero-order valence-corrected chi connectivity index (χ0v) is 14.8. The van der Waals surface area contributed by atoms with E-state index in [1.54, 1.807) is 22.0 Å². The van der Waals surface area contributed by atoms with Crippen LogP contribution in [-0.2, 0) is 19.4 Å². The largest absolute Gasteiger partial charge is 0.283 e. The highest BCUT2D eigenvalue weighted by Crippen LogP contribution is 2.34. The van der Waals surface area contributed by atoms with Crippen molar-refractivity contribution in [1.29, 1.82) is 5.26 Å². The molecule has 0 radical (unpaired) electrons. The third-order valence-corrected chi connectivity index (χ3v) is 6.46. The Morgan fingerprint density at radius 1 is 1.52 bits per heavy atom. The van der Waals surface area contributed by atoms with E-state index in [4.69, 9.17) is 10.2 Å². The molecule has 0 spiro atoms. The molecule has 2 aromatic rings. The smallest absolute Gasteiger partial charge is 0.263 e. The molecule has 6 heteroatoms. The molecule has 1 atom stereocenters. The molecule has 120 valence electrons. The van der Waals surface area contributed by atoms with Crippen molar-refractivity contribution in [3.8, 4) is 6.07 Å². The number of nitrogens with zero attached hydrogens (tertiary/aromatic N) is 3. The fourth-order valence-electron chi connectivity index (χ4n) is 2.86. The maximum absolute atomic E-state index is 13.0. The number of aromatic nitrogens is 2. The van der Waals surface area contributed by atoms with Crippen molar-refractivity contribution in [3.05, 3.63) is 33.4 Å². The number of thioether (sulfide) groups is 1. The van der Waals surface area contributed by atoms with E-state index < -0.39 is 0 Å². The van der Waals surface area contributed by atoms with Crippen LogP contribution in [0.4, 0.5) is 0 Å². The summed E-state index contributed by atoms with van der Waals surface area (Å²) in [6.07, 6.45) is 6.12. The van der Waals surface area contributed by atoms with Gasteiger partial charge in [0.05, 0.1) is 17.4 Å². The second-order valence-corrected chi connectivity index (χ2v) is 7.90. The van der Waals surface area contributed by atoms with Crippen LogP contribution in [0.25, 0.3) is 10.2 Å². The minimum atomic E-state index is -0.0682. The Labute approximate surface area is 143 Å². The lowest BCUT2D eigenvalue weighted by molar-refractivity contribution is 0.667. The zero-order chi connectivity index (χ0) is 16.4. The van der Waals surface area contributed by atoms with Gasteiger partial charge in [-0.25, -0.2) is 4.98 Å². The Morgan fingerprint density at radius 3 is 3.04 bits per heavy atom. The van der Waals surface area contributed by atoms with Gasteiger partial charge >= 0.3 is 0 Å². The van der Waals surface area contributed by atoms with E-state index >= 15 is 0 Å². The van der Waals surface area contributed by atoms with Gasteiger partial charge in [-0.1, -0.05) is 17.8 Å². The first-order valence-electron chi connectivity index (χ1n) is 7.84. The summed E-state index contributed by atoms with van der Waals surface area (Å²) in [5.74, 6) is 0.567. The molecule has 4 nitrogen and oxygen atoms in total. The molecule has 0 aliphatic heterocycles. The zero-order valence-electron chi connectivity index (χ0n) is 13.2. The maximum Gasteiger partial charge on any atom is 0.263 e. The Hall–Kier alpha value is -1.58. The molecule has 0 fully saturated rings. The van der Waals surface area contributed by atoms with Crippen molar-refractivity contribution >= 4 is 33.3 Å². The monoisotopic (exact) mass is 345 g/mol. The summed E-state index contributed by atoms with van der Waals surface area (Å²) in [4.78, 5) is 19.9. The summed E-state index contributed by atoms with van der Waals surface area (Å²) in [6, 6.07) is 2.22. The average Bonchev–Trinajstić information content (AvgIpc) is 2.94. The number of nitriles is 1. The number of fused-ring (bicyclic) bond motifs is 3. The van der Waals surface area contributed by atoms with Gasteiger partial charge in [-0.05, 0) is 38.2 Å². The molecular weight excluding hydrogens is 326 g/mol. The molecule has 23 heavy (non-hydrogen) atoms. The first-order chi connectivity index (χ1) is 11.2. The molecule has 1 aliphatic carbocycles. The minimum absolute atomic E-state index is 0.0430. The van der Waals surface area contributed by atoms with Crippen molar-refractivity contribution in [2.75, 3.05) is 5.75 Å². The van der Waals surface area contributed by atoms with Gasteiger partial charge in [-0.15, -0.1) is 17.9 Å². The first-order valence-corrected chi connectivity index (χ1v) is 9.64. The van der Waals surface area contributed by atoms with Gasteiger partial charge in [-0.3, -0.25) is 9.36 Å². The summed E-state index contributed by atoms with van der Waals surface area (Å²) >= 11 is 3.15. The van der Waals surface area contributed by atoms with Gasteiger partial charge in [0.15, 0.2) is 5.16 Å². The van der Waals surface area contributed by atoms with Crippen LogP contribution in [0.15, 0.2) is 22.6 Å². The predicted molar refractivity (Wildman–Crippen MR) is 96.2 cm³/mol. The molecule has 2 heterocycles. The molecule has 0 N–H and O–H groups in total. The molecular formula is C17H19N3OS2. The Bertz CT molecular complexity index is 844. The number of rotatable bonds is 5. The van der Waals surface area contributed by atoms with Crippen LogP contribution in [0.3, 0.4) is 0 Å². The van der Waals surface area contributed by atoms with E-state index in [2.05, 4.69) is 12.6 Å². The summed E-state index contributed by atoms with van der Waals surface area (Å²) in [7, 11) is 0. The number of hydrogen-bond donors (Lipinski definition) is 0. The second-order valence-electron chi connectivity index (χ2n) is 5.83. The first kappa shape index (κ1) is 16.3. The van der Waals surface area contributed by atoms with Crippen LogP contribution in [0.2, 0.25) is 0 Å². The molecule has 1 aliphatic rings. The van der Waals surface area contributed by atoms with Crippen LogP contribution in [0.5, 0.6) is 0 Å². The maximum atomic E-state index is 13.0. The van der Waals surface area contributed by atoms with Crippen LogP contribution < -0.4 is 5.56 Å². The van der Waals surface area contributed by atoms with Crippen LogP contribution in [0, 0.1) is 17.2 Å². The van der Waals surface area contributed by atoms with E-state index in [0.29, 0.717) is 17.5 Å². The average molecular weight is 345 g/mol. The highest BCUT2D eigenvalue weighted by molar-refractivity contribution is 7.99. The molecule has 2 aromatic heterocycles. The molecule has 0 unspecified atom stereocenters. The standard InChI is InChI=1S/C17H19N3OS2/c1-3-8-20-16(21)14-12-6-4-5-7-13(12)23-15(14)19-17(20)22-10-11(2)9-18/h3,11H,1,4-8,10H2,2H3/t11-/m1/s1. The Kier molecular flexibility index (Phi) is 4.88. The van der Waals surface area contributed by atoms with Crippen LogP contribution >= 0.6 is 23.1 Å². The number of hydrogen-bond acceptors (Lipinski definition) is 5. The minimum Gasteiger partial charge on any atom is -0.283 e. The van der Waals surface area contributed by atoms with Crippen LogP contribution in [-0.4, -0.2) is 15.3 Å². The van der Waals surface area contributed by atoms with Crippen molar-refractivity contribution in [3.63, 3.8) is 0 Å². The van der Waals surface area contributed by atoms with E-state index in [-0.39, 0.29) is 11.5 Å². The second kappa shape index (κ2) is 6.90. The highest BCUT2D eigenvalue weighted by atomic mass is 32.2. The van der Waals surface area contributed by atoms with Crippen molar-refractivity contribution in [2.45, 2.75) is 44.3 Å². The lowest BCUT2D eigenvalue weighted by Crippen LogP contribution is -2.23. The highest BCUT2D eigenvalue weighted by Gasteiger charge is 2.22. The topological polar surface area (TPSA) is 58.7 Å². The molecule has 0 aromatic carbocycles. The van der Waals surface area contributed by atoms with Gasteiger partial charge in [0.1, 0.15) is 4.83 Å². The number of thiophene rings is 1. The molecule has 0 amide bonds. The summed E-state index contributed by atoms with van der Waals surface area (Å²) in [5, 5.41) is 10.5. The third kappa shape index (κ3) is 3.08. The van der Waals surface area contributed by atoms with E-state index in [1.807, 2.05) is 6.92 Å². The number of aryl methyl sites for hydroxylation is 2. The van der Waals surface area contributed by atoms with Gasteiger partial charge < -0.3 is 0 Å². The van der Waals surface area contributed by atoms with Gasteiger partial charge in [0.25, 0.3) is 5.56 Å². The fourth-order valence-corrected chi connectivity index (χ4v) is 5.11. The van der Waals surface area contributed by atoms with E-state index in [9.17, 15) is 4.79 Å². The van der Waals surface area contributed by atoms with Gasteiger partial charge in [-0.2, -0.15) is 5.26 Å². The summed E-state index contributed by atoms with van der Waals surface area (Å²) in [6.45, 7) is 6.09. The Morgan fingerprint density at radius 2 is 2.30 bits per heavy atom. The SMILES string of the molecule is C=CCn1c(SC[C@H](C)C#N)nc2sc3c(c2c1=O)CCCC3. The fraction of sp³-hybridized carbons (Fsp3) is 0.471. The quantitative estimate of drug-likeness (QED) is 0.470. The Balaban J connectivity index is 2.12. The summed E-state index contributed by atoms with van der Waals surface area (Å²) < 4.78 is 1.70. The van der Waals surface area contributed by atoms with E-state index in [0.717, 1.165) is 29.5 Å². The predicted octanol–water partition coefficient (Wildman–Crippen LogP) is 3.77. The summed E-state index contributed by atoms with van der Waals surface area (Å²) in [5.41, 5.74) is 1.26. The molecule has 0 bridgehead atoms. The molecule has 3 rings (SSSR count). The molecule has 0 saturated carbocycles. The van der Waals surface area contributed by atoms with E-state index in [1.165, 1.54) is 28.6 Å².